The van der Waals surface area contributed by atoms with Crippen LogP contribution in [0.5, 0.6) is 0 Å². The minimum Gasteiger partial charge on any atom is -0.248 e. The van der Waals surface area contributed by atoms with E-state index in [4.69, 9.17) is 5.26 Å². The van der Waals surface area contributed by atoms with Crippen LogP contribution in [-0.2, 0) is 10.0 Å². The molecule has 0 saturated carbocycles. The topological polar surface area (TPSA) is 95.7 Å². The number of hydrogen-bond acceptors (Lipinski definition) is 6. The Morgan fingerprint density at radius 1 is 1.45 bits per heavy atom. The summed E-state index contributed by atoms with van der Waals surface area (Å²) in [5, 5.41) is 9.60. The fourth-order valence-electron chi connectivity index (χ4n) is 1.61. The molecule has 0 saturated heterocycles. The number of nitriles is 1. The Morgan fingerprint density at radius 3 is 2.80 bits per heavy atom. The third-order valence-electron chi connectivity index (χ3n) is 2.51. The lowest BCUT2D eigenvalue weighted by Gasteiger charge is -2.12. The molecule has 6 nitrogen and oxygen atoms in total. The molecule has 0 spiro atoms. The predicted molar refractivity (Wildman–Crippen MR) is 74.5 cm³/mol. The summed E-state index contributed by atoms with van der Waals surface area (Å²) in [5.74, 6) is 0. The lowest BCUT2D eigenvalue weighted by molar-refractivity contribution is 0.565. The van der Waals surface area contributed by atoms with E-state index in [2.05, 4.69) is 14.7 Å². The van der Waals surface area contributed by atoms with Crippen LogP contribution >= 0.6 is 11.3 Å². The van der Waals surface area contributed by atoms with E-state index in [-0.39, 0.29) is 10.6 Å². The van der Waals surface area contributed by atoms with Crippen LogP contribution in [0.25, 0.3) is 0 Å². The molecule has 1 unspecified atom stereocenters. The van der Waals surface area contributed by atoms with Crippen molar-refractivity contribution in [3.8, 4) is 6.07 Å². The summed E-state index contributed by atoms with van der Waals surface area (Å²) in [6.07, 6.45) is 3.07. The number of aromatic nitrogens is 2. The second-order valence-corrected chi connectivity index (χ2v) is 7.06. The normalized spacial score (nSPS) is 12.8. The Kier molecular flexibility index (Phi) is 4.13. The van der Waals surface area contributed by atoms with Gasteiger partial charge in [0.1, 0.15) is 16.0 Å². The Hall–Kier alpha value is -1.82. The van der Waals surface area contributed by atoms with Crippen LogP contribution in [0.3, 0.4) is 0 Å². The van der Waals surface area contributed by atoms with Gasteiger partial charge in [-0.1, -0.05) is 0 Å². The Morgan fingerprint density at radius 2 is 2.20 bits per heavy atom. The van der Waals surface area contributed by atoms with Crippen molar-refractivity contribution in [2.45, 2.75) is 24.8 Å². The van der Waals surface area contributed by atoms with Crippen molar-refractivity contribution in [2.24, 2.45) is 0 Å². The van der Waals surface area contributed by atoms with Gasteiger partial charge >= 0.3 is 0 Å². The number of hydrogen-bond donors (Lipinski definition) is 1. The number of rotatable bonds is 4. The van der Waals surface area contributed by atoms with Gasteiger partial charge in [-0.3, -0.25) is 0 Å². The van der Waals surface area contributed by atoms with E-state index in [1.807, 2.05) is 6.92 Å². The first kappa shape index (κ1) is 14.6. The lowest BCUT2D eigenvalue weighted by atomic mass is 10.4. The van der Waals surface area contributed by atoms with Crippen LogP contribution < -0.4 is 4.72 Å². The van der Waals surface area contributed by atoms with Gasteiger partial charge in [-0.2, -0.15) is 5.26 Å². The molecule has 2 heterocycles. The van der Waals surface area contributed by atoms with Crippen molar-refractivity contribution < 1.29 is 8.42 Å². The van der Waals surface area contributed by atoms with Crippen LogP contribution in [0.2, 0.25) is 0 Å². The summed E-state index contributed by atoms with van der Waals surface area (Å²) in [5.41, 5.74) is -0.123. The number of pyridine rings is 1. The zero-order valence-electron chi connectivity index (χ0n) is 10.9. The molecule has 8 heteroatoms. The molecule has 0 aliphatic heterocycles. The molecule has 1 N–H and O–H groups in total. The second kappa shape index (κ2) is 5.66. The highest BCUT2D eigenvalue weighted by Crippen LogP contribution is 2.22. The minimum absolute atomic E-state index is 0.123. The first-order chi connectivity index (χ1) is 9.44. The van der Waals surface area contributed by atoms with E-state index in [1.165, 1.54) is 29.7 Å². The highest BCUT2D eigenvalue weighted by Gasteiger charge is 2.23. The van der Waals surface area contributed by atoms with E-state index in [1.54, 1.807) is 19.2 Å². The van der Waals surface area contributed by atoms with Crippen molar-refractivity contribution in [1.82, 2.24) is 14.7 Å². The van der Waals surface area contributed by atoms with Crippen molar-refractivity contribution in [1.29, 1.82) is 5.26 Å². The van der Waals surface area contributed by atoms with Gasteiger partial charge in [0.15, 0.2) is 5.69 Å². The largest absolute Gasteiger partial charge is 0.248 e. The number of nitrogens with one attached hydrogen (secondary N) is 1. The quantitative estimate of drug-likeness (QED) is 0.928. The van der Waals surface area contributed by atoms with E-state index in [9.17, 15) is 8.42 Å². The highest BCUT2D eigenvalue weighted by atomic mass is 32.2. The molecule has 2 aromatic heterocycles. The number of thiazole rings is 1. The van der Waals surface area contributed by atoms with Gasteiger partial charge in [0, 0.05) is 17.3 Å². The van der Waals surface area contributed by atoms with Crippen LogP contribution in [0, 0.1) is 18.3 Å². The minimum atomic E-state index is -3.81. The van der Waals surface area contributed by atoms with Gasteiger partial charge in [-0.15, -0.1) is 11.3 Å². The van der Waals surface area contributed by atoms with E-state index in [0.29, 0.717) is 5.01 Å². The maximum absolute atomic E-state index is 12.3. The highest BCUT2D eigenvalue weighted by molar-refractivity contribution is 7.89. The number of sulfonamides is 1. The Labute approximate surface area is 121 Å². The molecule has 2 rings (SSSR count). The van der Waals surface area contributed by atoms with Gasteiger partial charge in [-0.05, 0) is 26.0 Å². The van der Waals surface area contributed by atoms with Gasteiger partial charge in [-0.25, -0.2) is 23.1 Å². The first-order valence-corrected chi connectivity index (χ1v) is 8.04. The van der Waals surface area contributed by atoms with Crippen LogP contribution in [0.1, 0.15) is 28.5 Å². The molecule has 0 aliphatic rings. The molecular formula is C12H12N4O2S2. The van der Waals surface area contributed by atoms with Gasteiger partial charge in [0.05, 0.1) is 6.04 Å². The van der Waals surface area contributed by atoms with Crippen molar-refractivity contribution in [2.75, 3.05) is 0 Å². The fraction of sp³-hybridized carbons (Fsp3) is 0.250. The molecule has 0 fully saturated rings. The van der Waals surface area contributed by atoms with Gasteiger partial charge < -0.3 is 0 Å². The second-order valence-electron chi connectivity index (χ2n) is 4.11. The summed E-state index contributed by atoms with van der Waals surface area (Å²) in [7, 11) is -3.81. The zero-order chi connectivity index (χ0) is 14.8. The van der Waals surface area contributed by atoms with Gasteiger partial charge in [0.25, 0.3) is 0 Å². The zero-order valence-corrected chi connectivity index (χ0v) is 12.5. The summed E-state index contributed by atoms with van der Waals surface area (Å²) in [6.45, 7) is 3.61. The average Bonchev–Trinajstić information content (AvgIpc) is 2.85. The fourth-order valence-corrected chi connectivity index (χ4v) is 3.78. The van der Waals surface area contributed by atoms with Crippen molar-refractivity contribution in [3.63, 3.8) is 0 Å². The third kappa shape index (κ3) is 3.01. The molecule has 0 aromatic carbocycles. The smallest absolute Gasteiger partial charge is 0.244 e. The monoisotopic (exact) mass is 308 g/mol. The molecule has 1 atom stereocenters. The van der Waals surface area contributed by atoms with Crippen LogP contribution in [0.4, 0.5) is 0 Å². The van der Waals surface area contributed by atoms with E-state index in [0.717, 1.165) is 4.88 Å². The number of nitrogens with zero attached hydrogens (tertiary/aromatic N) is 3. The summed E-state index contributed by atoms with van der Waals surface area (Å²) >= 11 is 1.42. The maximum Gasteiger partial charge on any atom is 0.244 e. The molecule has 0 radical (unpaired) electrons. The average molecular weight is 308 g/mol. The molecule has 0 aliphatic carbocycles. The molecule has 0 amide bonds. The standard InChI is InChI=1S/C12H12N4O2S2/c1-8-7-15-12(19-8)9(2)16-20(17,18)11-4-3-5-14-10(11)6-13/h3-5,7,9,16H,1-2H3. The third-order valence-corrected chi connectivity index (χ3v) is 5.18. The van der Waals surface area contributed by atoms with E-state index >= 15 is 0 Å². The molecule has 2 aromatic rings. The predicted octanol–water partition coefficient (Wildman–Crippen LogP) is 1.76. The lowest BCUT2D eigenvalue weighted by Crippen LogP contribution is -2.27. The maximum atomic E-state index is 12.3. The SMILES string of the molecule is Cc1cnc(C(C)NS(=O)(=O)c2cccnc2C#N)s1. The molecule has 0 bridgehead atoms. The molecule has 104 valence electrons. The number of aryl methyl sites for hydroxylation is 1. The van der Waals surface area contributed by atoms with Crippen LogP contribution in [0.15, 0.2) is 29.4 Å². The first-order valence-electron chi connectivity index (χ1n) is 5.74. The van der Waals surface area contributed by atoms with E-state index < -0.39 is 16.1 Å². The van der Waals surface area contributed by atoms with Gasteiger partial charge in [0.2, 0.25) is 10.0 Å². The molecule has 20 heavy (non-hydrogen) atoms. The van der Waals surface area contributed by atoms with Crippen LogP contribution in [-0.4, -0.2) is 18.4 Å². The Balaban J connectivity index is 2.30. The summed E-state index contributed by atoms with van der Waals surface area (Å²) in [6, 6.07) is 4.14. The van der Waals surface area contributed by atoms with Crippen molar-refractivity contribution in [3.05, 3.63) is 40.1 Å². The Bertz CT molecular complexity index is 762. The molecular weight excluding hydrogens is 296 g/mol. The van der Waals surface area contributed by atoms with Crippen molar-refractivity contribution >= 4 is 21.4 Å². The summed E-state index contributed by atoms with van der Waals surface area (Å²) < 4.78 is 27.1. The summed E-state index contributed by atoms with van der Waals surface area (Å²) in [4.78, 5) is 8.78.